The molecule has 70 heavy (non-hydrogen) atoms. The zero-order valence-electron chi connectivity index (χ0n) is 41.0. The van der Waals surface area contributed by atoms with Gasteiger partial charge in [0.25, 0.3) is 0 Å². The molecule has 1 saturated carbocycles. The molecule has 0 aromatic rings. The molecule has 8 N–H and O–H groups in total. The topological polar surface area (TPSA) is 276 Å². The average Bonchev–Trinajstić information content (AvgIpc) is 3.31. The molecule has 6 unspecified atom stereocenters. The van der Waals surface area contributed by atoms with E-state index >= 15 is 0 Å². The van der Waals surface area contributed by atoms with Crippen LogP contribution in [0.4, 0.5) is 0 Å². The van der Waals surface area contributed by atoms with Crippen molar-refractivity contribution >= 4 is 27.6 Å². The summed E-state index contributed by atoms with van der Waals surface area (Å²) >= 11 is 0. The molecule has 19 heteroatoms. The number of phosphoric ester groups is 2. The van der Waals surface area contributed by atoms with E-state index in [9.17, 15) is 58.9 Å². The van der Waals surface area contributed by atoms with Crippen LogP contribution in [0.1, 0.15) is 136 Å². The van der Waals surface area contributed by atoms with Crippen molar-refractivity contribution in [2.24, 2.45) is 0 Å². The molecule has 17 nitrogen and oxygen atoms in total. The van der Waals surface area contributed by atoms with E-state index in [2.05, 4.69) is 91.3 Å². The van der Waals surface area contributed by atoms with Crippen LogP contribution in [-0.4, -0.2) is 114 Å². The molecule has 0 saturated heterocycles. The van der Waals surface area contributed by atoms with Crippen LogP contribution in [0.2, 0.25) is 0 Å². The molecule has 0 heterocycles. The molecule has 0 aromatic heterocycles. The van der Waals surface area contributed by atoms with Gasteiger partial charge < -0.3 is 49.7 Å². The monoisotopic (exact) mass is 1030 g/mol. The SMILES string of the molecule is CC/C=C\C/C=C\C/C=C\C/C=C\C/C=C\CCCCCC(=O)OC[C@H](COP(=O)(O)O[C@H]1C(O)C(O)C(O)[C@@H](OP(=O)(O)O)C1O)OC(=O)CCC/C=C/C=C\C(O)C/C=C\C/C=C\CCCCC. The molecule has 1 fully saturated rings. The lowest BCUT2D eigenvalue weighted by Crippen LogP contribution is -2.64. The molecule has 0 amide bonds. The van der Waals surface area contributed by atoms with Gasteiger partial charge >= 0.3 is 27.6 Å². The van der Waals surface area contributed by atoms with Gasteiger partial charge in [0, 0.05) is 12.8 Å². The zero-order chi connectivity index (χ0) is 51.9. The number of esters is 2. The van der Waals surface area contributed by atoms with E-state index in [4.69, 9.17) is 18.5 Å². The molecule has 1 rings (SSSR count). The predicted molar refractivity (Wildman–Crippen MR) is 270 cm³/mol. The maximum atomic E-state index is 13.0. The summed E-state index contributed by atoms with van der Waals surface area (Å²) in [6.07, 6.45) is 34.9. The van der Waals surface area contributed by atoms with E-state index in [-0.39, 0.29) is 12.8 Å². The Morgan fingerprint density at radius 2 is 1.06 bits per heavy atom. The summed E-state index contributed by atoms with van der Waals surface area (Å²) in [6, 6.07) is 0. The van der Waals surface area contributed by atoms with Crippen molar-refractivity contribution in [1.82, 2.24) is 0 Å². The maximum absolute atomic E-state index is 13.0. The number of unbranched alkanes of at least 4 members (excludes halogenated alkanes) is 7. The lowest BCUT2D eigenvalue weighted by Gasteiger charge is -2.43. The van der Waals surface area contributed by atoms with Crippen LogP contribution in [0.15, 0.2) is 109 Å². The highest BCUT2D eigenvalue weighted by atomic mass is 31.2. The Hall–Kier alpha value is -3.38. The van der Waals surface area contributed by atoms with Gasteiger partial charge in [0.05, 0.1) is 12.7 Å². The number of allylic oxidation sites excluding steroid dienone is 16. The van der Waals surface area contributed by atoms with Crippen LogP contribution in [0.3, 0.4) is 0 Å². The summed E-state index contributed by atoms with van der Waals surface area (Å²) in [5.41, 5.74) is 0. The number of phosphoric acid groups is 2. The fourth-order valence-electron chi connectivity index (χ4n) is 6.59. The van der Waals surface area contributed by atoms with E-state index in [0.29, 0.717) is 25.7 Å². The van der Waals surface area contributed by atoms with Crippen molar-refractivity contribution in [1.29, 1.82) is 0 Å². The molecule has 9 atom stereocenters. The van der Waals surface area contributed by atoms with Crippen LogP contribution in [0.5, 0.6) is 0 Å². The van der Waals surface area contributed by atoms with Crippen molar-refractivity contribution in [3.63, 3.8) is 0 Å². The smallest absolute Gasteiger partial charge is 0.462 e. The quantitative estimate of drug-likeness (QED) is 0.00940. The van der Waals surface area contributed by atoms with Gasteiger partial charge in [-0.2, -0.15) is 0 Å². The van der Waals surface area contributed by atoms with E-state index in [0.717, 1.165) is 64.2 Å². The summed E-state index contributed by atoms with van der Waals surface area (Å²) in [4.78, 5) is 54.3. The Balaban J connectivity index is 2.68. The Morgan fingerprint density at radius 3 is 1.63 bits per heavy atom. The molecule has 1 aliphatic rings. The average molecular weight is 1030 g/mol. The molecule has 0 radical (unpaired) electrons. The van der Waals surface area contributed by atoms with Gasteiger partial charge in [0.2, 0.25) is 0 Å². The Labute approximate surface area is 415 Å². The zero-order valence-corrected chi connectivity index (χ0v) is 42.8. The van der Waals surface area contributed by atoms with Gasteiger partial charge in [-0.3, -0.25) is 23.2 Å². The van der Waals surface area contributed by atoms with Gasteiger partial charge in [-0.05, 0) is 89.9 Å². The third-order valence-corrected chi connectivity index (χ3v) is 11.9. The molecular weight excluding hydrogens is 946 g/mol. The number of carbonyl (C=O) groups is 2. The molecule has 0 bridgehead atoms. The van der Waals surface area contributed by atoms with Crippen LogP contribution < -0.4 is 0 Å². The first-order valence-corrected chi connectivity index (χ1v) is 27.6. The molecule has 0 aliphatic heterocycles. The van der Waals surface area contributed by atoms with E-state index in [1.165, 1.54) is 19.3 Å². The summed E-state index contributed by atoms with van der Waals surface area (Å²) < 4.78 is 49.3. The minimum Gasteiger partial charge on any atom is -0.462 e. The van der Waals surface area contributed by atoms with Crippen molar-refractivity contribution in [3.05, 3.63) is 109 Å². The summed E-state index contributed by atoms with van der Waals surface area (Å²) in [7, 11) is -10.8. The fraction of sp³-hybridized carbons (Fsp3) is 0.608. The molecular formula is C51H82O17P2. The van der Waals surface area contributed by atoms with Crippen LogP contribution in [0.25, 0.3) is 0 Å². The first-order chi connectivity index (χ1) is 33.5. The lowest BCUT2D eigenvalue weighted by atomic mass is 9.85. The summed E-state index contributed by atoms with van der Waals surface area (Å²) in [5.74, 6) is -1.39. The minimum absolute atomic E-state index is 0.0453. The highest BCUT2D eigenvalue weighted by molar-refractivity contribution is 7.47. The highest BCUT2D eigenvalue weighted by Crippen LogP contribution is 2.49. The molecule has 0 spiro atoms. The first-order valence-electron chi connectivity index (χ1n) is 24.5. The maximum Gasteiger partial charge on any atom is 0.472 e. The second-order valence-corrected chi connectivity index (χ2v) is 19.2. The van der Waals surface area contributed by atoms with Crippen LogP contribution >= 0.6 is 15.6 Å². The number of rotatable bonds is 39. The predicted octanol–water partition coefficient (Wildman–Crippen LogP) is 8.70. The van der Waals surface area contributed by atoms with E-state index in [1.54, 1.807) is 24.3 Å². The second kappa shape index (κ2) is 40.1. The van der Waals surface area contributed by atoms with Crippen molar-refractivity contribution in [2.45, 2.75) is 185 Å². The van der Waals surface area contributed by atoms with E-state index < -0.39 is 89.6 Å². The summed E-state index contributed by atoms with van der Waals surface area (Å²) in [5, 5.41) is 51.5. The summed E-state index contributed by atoms with van der Waals surface area (Å²) in [6.45, 7) is 2.81. The third-order valence-electron chi connectivity index (χ3n) is 10.4. The number of carbonyl (C=O) groups excluding carboxylic acids is 2. The minimum atomic E-state index is -5.39. The molecule has 1 aliphatic carbocycles. The van der Waals surface area contributed by atoms with Gasteiger partial charge in [0.1, 0.15) is 43.2 Å². The lowest BCUT2D eigenvalue weighted by molar-refractivity contribution is -0.216. The first kappa shape index (κ1) is 64.6. The van der Waals surface area contributed by atoms with Gasteiger partial charge in [-0.1, -0.05) is 142 Å². The van der Waals surface area contributed by atoms with Gasteiger partial charge in [-0.25, -0.2) is 9.13 Å². The number of aliphatic hydroxyl groups excluding tert-OH is 5. The standard InChI is InChI=1S/C51H82O17P2/c1-3-5-7-9-11-13-14-15-16-17-18-19-20-21-22-24-26-30-34-38-44(53)64-40-43(41-65-70(62,63)68-51-48(57)46(55)47(56)50(49(51)58)67-69(59,60)61)66-45(54)39-35-31-27-29-33-37-42(52)36-32-28-25-23-12-10-8-6-4-2/h5,7,11-13,15-16,18-19,21-23,27-29,32-33,37,42-43,46-52,55-58H,3-4,6,8-10,14,17,20,24-26,30-31,34-36,38-41H2,1-2H3,(H,62,63)(H2,59,60,61)/b7-5-,13-11-,16-15-,19-18-,22-21-,23-12-,29-27+,32-28-,37-33-/t42?,43-,46?,47?,48?,49?,50-,51+/m1/s1. The Bertz CT molecular complexity index is 1780. The Morgan fingerprint density at radius 1 is 0.543 bits per heavy atom. The number of ether oxygens (including phenoxy) is 2. The van der Waals surface area contributed by atoms with E-state index in [1.807, 2.05) is 12.2 Å². The van der Waals surface area contributed by atoms with Gasteiger partial charge in [-0.15, -0.1) is 0 Å². The third kappa shape index (κ3) is 34.1. The number of hydrogen-bond acceptors (Lipinski definition) is 14. The van der Waals surface area contributed by atoms with Crippen LogP contribution in [-0.2, 0) is 41.8 Å². The largest absolute Gasteiger partial charge is 0.472 e. The van der Waals surface area contributed by atoms with Gasteiger partial charge in [0.15, 0.2) is 6.10 Å². The van der Waals surface area contributed by atoms with Crippen molar-refractivity contribution in [3.8, 4) is 0 Å². The number of hydrogen-bond donors (Lipinski definition) is 8. The Kier molecular flexibility index (Phi) is 37.1. The second-order valence-electron chi connectivity index (χ2n) is 16.6. The van der Waals surface area contributed by atoms with Crippen molar-refractivity contribution in [2.75, 3.05) is 13.2 Å². The van der Waals surface area contributed by atoms with Crippen LogP contribution in [0, 0.1) is 0 Å². The van der Waals surface area contributed by atoms with Crippen molar-refractivity contribution < 1.29 is 82.0 Å². The molecule has 398 valence electrons. The fourth-order valence-corrected chi connectivity index (χ4v) is 8.13. The highest BCUT2D eigenvalue weighted by Gasteiger charge is 2.54. The molecule has 0 aromatic carbocycles. The normalized spacial score (nSPS) is 22.4. The number of aliphatic hydroxyl groups is 5.